The summed E-state index contributed by atoms with van der Waals surface area (Å²) >= 11 is 5.27. The molecule has 2 rings (SSSR count). The largest absolute Gasteiger partial charge is 0.491 e. The second-order valence-corrected chi connectivity index (χ2v) is 7.04. The van der Waals surface area contributed by atoms with Gasteiger partial charge in [-0.05, 0) is 55.9 Å². The van der Waals surface area contributed by atoms with E-state index in [4.69, 9.17) is 21.7 Å². The standard InChI is InChI=1S/C23H29N3O4S/c1-3-5-13-24-22(28)19-11-6-7-12-20(19)25-23(31)26-21(27)17-9-8-10-18(16-17)30-15-14-29-4-2/h6-12,16H,3-5,13-15H2,1-2H3,(H,24,28)(H2,25,26,27,31). The van der Waals surface area contributed by atoms with Crippen molar-refractivity contribution >= 4 is 34.8 Å². The van der Waals surface area contributed by atoms with Crippen LogP contribution in [0.4, 0.5) is 5.69 Å². The van der Waals surface area contributed by atoms with E-state index in [1.54, 1.807) is 48.5 Å². The van der Waals surface area contributed by atoms with Crippen molar-refractivity contribution in [2.75, 3.05) is 31.7 Å². The van der Waals surface area contributed by atoms with E-state index in [-0.39, 0.29) is 16.9 Å². The number of hydrogen-bond acceptors (Lipinski definition) is 5. The highest BCUT2D eigenvalue weighted by molar-refractivity contribution is 7.80. The molecule has 0 bridgehead atoms. The number of ether oxygens (including phenoxy) is 2. The molecule has 0 aliphatic carbocycles. The number of hydrogen-bond donors (Lipinski definition) is 3. The molecule has 0 atom stereocenters. The van der Waals surface area contributed by atoms with Crippen LogP contribution in [0.3, 0.4) is 0 Å². The van der Waals surface area contributed by atoms with Crippen molar-refractivity contribution in [3.8, 4) is 5.75 Å². The number of benzene rings is 2. The molecule has 0 spiro atoms. The highest BCUT2D eigenvalue weighted by Crippen LogP contribution is 2.16. The van der Waals surface area contributed by atoms with Crippen molar-refractivity contribution in [2.45, 2.75) is 26.7 Å². The summed E-state index contributed by atoms with van der Waals surface area (Å²) < 4.78 is 10.8. The van der Waals surface area contributed by atoms with Crippen LogP contribution >= 0.6 is 12.2 Å². The Morgan fingerprint density at radius 1 is 1.00 bits per heavy atom. The first kappa shape index (κ1) is 24.3. The lowest BCUT2D eigenvalue weighted by Gasteiger charge is -2.14. The van der Waals surface area contributed by atoms with Crippen LogP contribution in [-0.2, 0) is 4.74 Å². The summed E-state index contributed by atoms with van der Waals surface area (Å²) in [6.45, 7) is 6.08. The van der Waals surface area contributed by atoms with Crippen LogP contribution in [0.5, 0.6) is 5.75 Å². The predicted octanol–water partition coefficient (Wildman–Crippen LogP) is 3.76. The molecule has 2 amide bonds. The van der Waals surface area contributed by atoms with Crippen LogP contribution in [0.1, 0.15) is 47.4 Å². The lowest BCUT2D eigenvalue weighted by atomic mass is 10.1. The van der Waals surface area contributed by atoms with Gasteiger partial charge in [-0.15, -0.1) is 0 Å². The number of carbonyl (C=O) groups is 2. The molecule has 0 saturated carbocycles. The SMILES string of the molecule is CCCCNC(=O)c1ccccc1NC(=S)NC(=O)c1cccc(OCCOCC)c1. The maximum absolute atomic E-state index is 12.6. The fraction of sp³-hybridized carbons (Fsp3) is 0.348. The van der Waals surface area contributed by atoms with Gasteiger partial charge in [-0.1, -0.05) is 31.5 Å². The third-order valence-electron chi connectivity index (χ3n) is 4.26. The number of amides is 2. The maximum atomic E-state index is 12.6. The van der Waals surface area contributed by atoms with Crippen molar-refractivity contribution in [3.05, 3.63) is 59.7 Å². The zero-order chi connectivity index (χ0) is 22.5. The second kappa shape index (κ2) is 13.4. The minimum atomic E-state index is -0.377. The van der Waals surface area contributed by atoms with Crippen LogP contribution < -0.4 is 20.7 Å². The molecular weight excluding hydrogens is 414 g/mol. The van der Waals surface area contributed by atoms with Gasteiger partial charge >= 0.3 is 0 Å². The summed E-state index contributed by atoms with van der Waals surface area (Å²) in [5.41, 5.74) is 1.39. The monoisotopic (exact) mass is 443 g/mol. The Balaban J connectivity index is 1.96. The summed E-state index contributed by atoms with van der Waals surface area (Å²) in [5, 5.41) is 8.55. The van der Waals surface area contributed by atoms with Crippen molar-refractivity contribution in [3.63, 3.8) is 0 Å². The molecule has 166 valence electrons. The van der Waals surface area contributed by atoms with E-state index in [2.05, 4.69) is 22.9 Å². The van der Waals surface area contributed by atoms with Gasteiger partial charge in [-0.25, -0.2) is 0 Å². The highest BCUT2D eigenvalue weighted by atomic mass is 32.1. The Kier molecular flexibility index (Phi) is 10.5. The van der Waals surface area contributed by atoms with Gasteiger partial charge in [0.1, 0.15) is 12.4 Å². The molecule has 31 heavy (non-hydrogen) atoms. The average Bonchev–Trinajstić information content (AvgIpc) is 2.77. The van der Waals surface area contributed by atoms with Crippen LogP contribution in [0, 0.1) is 0 Å². The molecule has 2 aromatic carbocycles. The minimum absolute atomic E-state index is 0.0986. The Bertz CT molecular complexity index is 889. The van der Waals surface area contributed by atoms with E-state index < -0.39 is 0 Å². The van der Waals surface area contributed by atoms with E-state index >= 15 is 0 Å². The van der Waals surface area contributed by atoms with E-state index in [1.165, 1.54) is 0 Å². The van der Waals surface area contributed by atoms with Gasteiger partial charge < -0.3 is 20.1 Å². The number of unbranched alkanes of at least 4 members (excludes halogenated alkanes) is 1. The number of rotatable bonds is 11. The van der Waals surface area contributed by atoms with Gasteiger partial charge in [0.05, 0.1) is 17.9 Å². The van der Waals surface area contributed by atoms with E-state index in [0.29, 0.717) is 48.9 Å². The first-order chi connectivity index (χ1) is 15.0. The molecule has 0 aromatic heterocycles. The summed E-state index contributed by atoms with van der Waals surface area (Å²) in [6.07, 6.45) is 1.90. The molecule has 0 heterocycles. The fourth-order valence-electron chi connectivity index (χ4n) is 2.68. The van der Waals surface area contributed by atoms with Crippen LogP contribution in [-0.4, -0.2) is 43.3 Å². The van der Waals surface area contributed by atoms with Crippen molar-refractivity contribution < 1.29 is 19.1 Å². The fourth-order valence-corrected chi connectivity index (χ4v) is 2.89. The first-order valence-electron chi connectivity index (χ1n) is 10.3. The lowest BCUT2D eigenvalue weighted by molar-refractivity contribution is 0.0952. The van der Waals surface area contributed by atoms with Crippen molar-refractivity contribution in [1.82, 2.24) is 10.6 Å². The Hall–Kier alpha value is -2.97. The molecule has 2 aromatic rings. The van der Waals surface area contributed by atoms with Gasteiger partial charge in [-0.3, -0.25) is 14.9 Å². The van der Waals surface area contributed by atoms with Crippen LogP contribution in [0.15, 0.2) is 48.5 Å². The van der Waals surface area contributed by atoms with Crippen LogP contribution in [0.25, 0.3) is 0 Å². The van der Waals surface area contributed by atoms with Gasteiger partial charge in [0.15, 0.2) is 5.11 Å². The van der Waals surface area contributed by atoms with E-state index in [1.807, 2.05) is 6.92 Å². The molecule has 8 heteroatoms. The second-order valence-electron chi connectivity index (χ2n) is 6.64. The predicted molar refractivity (Wildman–Crippen MR) is 126 cm³/mol. The molecule has 0 radical (unpaired) electrons. The molecule has 0 saturated heterocycles. The topological polar surface area (TPSA) is 88.7 Å². The summed E-state index contributed by atoms with van der Waals surface area (Å²) in [6, 6.07) is 13.8. The average molecular weight is 444 g/mol. The Labute approximate surface area is 188 Å². The van der Waals surface area contributed by atoms with Gasteiger partial charge in [0.25, 0.3) is 11.8 Å². The number of anilines is 1. The zero-order valence-electron chi connectivity index (χ0n) is 17.9. The molecule has 0 aliphatic heterocycles. The third-order valence-corrected chi connectivity index (χ3v) is 4.46. The number of para-hydroxylation sites is 1. The molecule has 0 fully saturated rings. The van der Waals surface area contributed by atoms with Gasteiger partial charge in [0.2, 0.25) is 0 Å². The van der Waals surface area contributed by atoms with Gasteiger partial charge in [-0.2, -0.15) is 0 Å². The highest BCUT2D eigenvalue weighted by Gasteiger charge is 2.13. The smallest absolute Gasteiger partial charge is 0.257 e. The van der Waals surface area contributed by atoms with Crippen LogP contribution in [0.2, 0.25) is 0 Å². The number of nitrogens with one attached hydrogen (secondary N) is 3. The maximum Gasteiger partial charge on any atom is 0.257 e. The molecule has 0 aliphatic rings. The van der Waals surface area contributed by atoms with E-state index in [9.17, 15) is 9.59 Å². The number of carbonyl (C=O) groups excluding carboxylic acids is 2. The summed E-state index contributed by atoms with van der Waals surface area (Å²) in [4.78, 5) is 25.0. The first-order valence-corrected chi connectivity index (χ1v) is 10.8. The molecule has 0 unspecified atom stereocenters. The van der Waals surface area contributed by atoms with Crippen molar-refractivity contribution in [1.29, 1.82) is 0 Å². The Morgan fingerprint density at radius 2 is 1.81 bits per heavy atom. The van der Waals surface area contributed by atoms with Crippen molar-refractivity contribution in [2.24, 2.45) is 0 Å². The summed E-state index contributed by atoms with van der Waals surface area (Å²) in [5.74, 6) is 0.000502. The molecule has 7 nitrogen and oxygen atoms in total. The third kappa shape index (κ3) is 8.35. The number of thiocarbonyl (C=S) groups is 1. The zero-order valence-corrected chi connectivity index (χ0v) is 18.7. The minimum Gasteiger partial charge on any atom is -0.491 e. The molecular formula is C23H29N3O4S. The molecule has 3 N–H and O–H groups in total. The summed E-state index contributed by atoms with van der Waals surface area (Å²) in [7, 11) is 0. The van der Waals surface area contributed by atoms with E-state index in [0.717, 1.165) is 12.8 Å². The quantitative estimate of drug-likeness (QED) is 0.362. The lowest BCUT2D eigenvalue weighted by Crippen LogP contribution is -2.35. The Morgan fingerprint density at radius 3 is 2.58 bits per heavy atom. The van der Waals surface area contributed by atoms with Gasteiger partial charge in [0, 0.05) is 18.7 Å². The normalized spacial score (nSPS) is 10.3.